The van der Waals surface area contributed by atoms with Gasteiger partial charge in [-0.2, -0.15) is 4.39 Å². The van der Waals surface area contributed by atoms with Crippen LogP contribution in [0.1, 0.15) is 10.4 Å². The van der Waals surface area contributed by atoms with E-state index in [4.69, 9.17) is 0 Å². The molecule has 0 unspecified atom stereocenters. The van der Waals surface area contributed by atoms with Gasteiger partial charge in [-0.1, -0.05) is 0 Å². The molecule has 2 rings (SSSR count). The van der Waals surface area contributed by atoms with Crippen LogP contribution in [-0.4, -0.2) is 10.9 Å². The van der Waals surface area contributed by atoms with Crippen molar-refractivity contribution >= 4 is 27.5 Å². The lowest BCUT2D eigenvalue weighted by atomic mass is 10.2. The molecule has 92 valence electrons. The molecule has 0 aliphatic heterocycles. The quantitative estimate of drug-likeness (QED) is 0.864. The summed E-state index contributed by atoms with van der Waals surface area (Å²) in [5.41, 5.74) is 0.385. The van der Waals surface area contributed by atoms with Crippen molar-refractivity contribution < 1.29 is 13.6 Å². The molecule has 0 fully saturated rings. The number of carbonyl (C=O) groups is 1. The monoisotopic (exact) mass is 312 g/mol. The summed E-state index contributed by atoms with van der Waals surface area (Å²) in [7, 11) is 0. The van der Waals surface area contributed by atoms with Crippen LogP contribution in [-0.2, 0) is 0 Å². The molecule has 1 heterocycles. The lowest BCUT2D eigenvalue weighted by molar-refractivity contribution is 0.102. The maximum Gasteiger partial charge on any atom is 0.255 e. The van der Waals surface area contributed by atoms with Crippen molar-refractivity contribution in [3.63, 3.8) is 0 Å². The molecule has 1 amide bonds. The molecule has 0 saturated heterocycles. The number of carbonyl (C=O) groups excluding carboxylic acids is 1. The molecule has 1 aromatic heterocycles. The molecule has 0 bridgehead atoms. The normalized spacial score (nSPS) is 10.2. The van der Waals surface area contributed by atoms with Crippen molar-refractivity contribution in [1.82, 2.24) is 4.98 Å². The Morgan fingerprint density at radius 1 is 1.22 bits per heavy atom. The van der Waals surface area contributed by atoms with E-state index in [0.717, 1.165) is 6.07 Å². The number of hydrogen-bond acceptors (Lipinski definition) is 2. The van der Waals surface area contributed by atoms with Crippen LogP contribution in [0.4, 0.5) is 14.5 Å². The number of nitrogens with one attached hydrogen (secondary N) is 1. The van der Waals surface area contributed by atoms with Gasteiger partial charge >= 0.3 is 0 Å². The average Bonchev–Trinajstić information content (AvgIpc) is 2.34. The van der Waals surface area contributed by atoms with E-state index in [0.29, 0.717) is 4.47 Å². The number of nitrogens with zero attached hydrogens (tertiary/aromatic N) is 1. The van der Waals surface area contributed by atoms with Crippen molar-refractivity contribution in [2.24, 2.45) is 0 Å². The smallest absolute Gasteiger partial charge is 0.255 e. The maximum absolute atomic E-state index is 13.0. The SMILES string of the molecule is O=C(Nc1cc(F)ccc1Br)c1ccnc(F)c1. The molecule has 6 heteroatoms. The summed E-state index contributed by atoms with van der Waals surface area (Å²) >= 11 is 3.18. The van der Waals surface area contributed by atoms with E-state index in [1.54, 1.807) is 0 Å². The summed E-state index contributed by atoms with van der Waals surface area (Å²) in [5, 5.41) is 2.47. The van der Waals surface area contributed by atoms with Gasteiger partial charge in [-0.25, -0.2) is 9.37 Å². The molecule has 0 atom stereocenters. The fourth-order valence-electron chi connectivity index (χ4n) is 1.33. The predicted octanol–water partition coefficient (Wildman–Crippen LogP) is 3.37. The van der Waals surface area contributed by atoms with Crippen LogP contribution in [0.5, 0.6) is 0 Å². The summed E-state index contributed by atoms with van der Waals surface area (Å²) in [6, 6.07) is 6.26. The number of rotatable bonds is 2. The Kier molecular flexibility index (Phi) is 3.66. The van der Waals surface area contributed by atoms with Crippen LogP contribution >= 0.6 is 15.9 Å². The molecular formula is C12H7BrF2N2O. The summed E-state index contributed by atoms with van der Waals surface area (Å²) in [6.07, 6.45) is 1.19. The second-order valence-corrected chi connectivity index (χ2v) is 4.30. The van der Waals surface area contributed by atoms with Crippen molar-refractivity contribution in [3.8, 4) is 0 Å². The highest BCUT2D eigenvalue weighted by Gasteiger charge is 2.10. The van der Waals surface area contributed by atoms with E-state index >= 15 is 0 Å². The van der Waals surface area contributed by atoms with Gasteiger partial charge in [0.1, 0.15) is 5.82 Å². The Balaban J connectivity index is 2.24. The van der Waals surface area contributed by atoms with Gasteiger partial charge < -0.3 is 5.32 Å². The van der Waals surface area contributed by atoms with Gasteiger partial charge in [0.25, 0.3) is 5.91 Å². The summed E-state index contributed by atoms with van der Waals surface area (Å²) in [5.74, 6) is -1.77. The van der Waals surface area contributed by atoms with Gasteiger partial charge in [0.15, 0.2) is 0 Å². The van der Waals surface area contributed by atoms with Crippen molar-refractivity contribution in [1.29, 1.82) is 0 Å². The fourth-order valence-corrected chi connectivity index (χ4v) is 1.68. The predicted molar refractivity (Wildman–Crippen MR) is 66.2 cm³/mol. The van der Waals surface area contributed by atoms with Gasteiger partial charge in [0.2, 0.25) is 5.95 Å². The molecule has 18 heavy (non-hydrogen) atoms. The molecule has 2 aromatic rings. The number of amides is 1. The molecule has 0 saturated carbocycles. The Hall–Kier alpha value is -1.82. The number of aromatic nitrogens is 1. The number of halogens is 3. The van der Waals surface area contributed by atoms with E-state index < -0.39 is 17.7 Å². The van der Waals surface area contributed by atoms with Crippen LogP contribution < -0.4 is 5.32 Å². The summed E-state index contributed by atoms with van der Waals surface area (Å²) < 4.78 is 26.4. The second-order valence-electron chi connectivity index (χ2n) is 3.45. The molecular weight excluding hydrogens is 306 g/mol. The number of hydrogen-bond donors (Lipinski definition) is 1. The standard InChI is InChI=1S/C12H7BrF2N2O/c13-9-2-1-8(14)6-10(9)17-12(18)7-3-4-16-11(15)5-7/h1-6H,(H,17,18). The number of anilines is 1. The van der Waals surface area contributed by atoms with Gasteiger partial charge in [0.05, 0.1) is 5.69 Å². The largest absolute Gasteiger partial charge is 0.321 e. The van der Waals surface area contributed by atoms with Gasteiger partial charge in [-0.05, 0) is 40.2 Å². The average molecular weight is 313 g/mol. The molecule has 3 nitrogen and oxygen atoms in total. The van der Waals surface area contributed by atoms with E-state index in [9.17, 15) is 13.6 Å². The van der Waals surface area contributed by atoms with Crippen molar-refractivity contribution in [2.75, 3.05) is 5.32 Å². The summed E-state index contributed by atoms with van der Waals surface area (Å²) in [4.78, 5) is 15.1. The highest BCUT2D eigenvalue weighted by atomic mass is 79.9. The third-order valence-corrected chi connectivity index (χ3v) is 2.86. The maximum atomic E-state index is 13.0. The van der Waals surface area contributed by atoms with E-state index in [1.807, 2.05) is 0 Å². The Bertz CT molecular complexity index is 604. The Morgan fingerprint density at radius 2 is 2.00 bits per heavy atom. The van der Waals surface area contributed by atoms with E-state index in [2.05, 4.69) is 26.2 Å². The molecule has 0 spiro atoms. The van der Waals surface area contributed by atoms with E-state index in [-0.39, 0.29) is 11.3 Å². The minimum absolute atomic E-state index is 0.110. The zero-order chi connectivity index (χ0) is 13.1. The molecule has 1 aromatic carbocycles. The third-order valence-electron chi connectivity index (χ3n) is 2.17. The van der Waals surface area contributed by atoms with Gasteiger partial charge in [0, 0.05) is 22.3 Å². The van der Waals surface area contributed by atoms with Crippen LogP contribution in [0.2, 0.25) is 0 Å². The first kappa shape index (κ1) is 12.6. The third kappa shape index (κ3) is 2.89. The first-order valence-electron chi connectivity index (χ1n) is 4.94. The second kappa shape index (κ2) is 5.22. The Labute approximate surface area is 110 Å². The zero-order valence-corrected chi connectivity index (χ0v) is 10.5. The lowest BCUT2D eigenvalue weighted by Gasteiger charge is -2.07. The number of benzene rings is 1. The zero-order valence-electron chi connectivity index (χ0n) is 8.95. The first-order valence-corrected chi connectivity index (χ1v) is 5.73. The van der Waals surface area contributed by atoms with Crippen molar-refractivity contribution in [3.05, 3.63) is 58.3 Å². The molecule has 1 N–H and O–H groups in total. The van der Waals surface area contributed by atoms with Crippen molar-refractivity contribution in [2.45, 2.75) is 0 Å². The summed E-state index contributed by atoms with van der Waals surface area (Å²) in [6.45, 7) is 0. The van der Waals surface area contributed by atoms with E-state index in [1.165, 1.54) is 30.5 Å². The van der Waals surface area contributed by atoms with Crippen LogP contribution in [0, 0.1) is 11.8 Å². The highest BCUT2D eigenvalue weighted by Crippen LogP contribution is 2.23. The van der Waals surface area contributed by atoms with Gasteiger partial charge in [-0.3, -0.25) is 4.79 Å². The van der Waals surface area contributed by atoms with Crippen LogP contribution in [0.3, 0.4) is 0 Å². The minimum atomic E-state index is -0.749. The highest BCUT2D eigenvalue weighted by molar-refractivity contribution is 9.10. The van der Waals surface area contributed by atoms with Gasteiger partial charge in [-0.15, -0.1) is 0 Å². The number of pyridine rings is 1. The lowest BCUT2D eigenvalue weighted by Crippen LogP contribution is -2.13. The Morgan fingerprint density at radius 3 is 2.72 bits per heavy atom. The topological polar surface area (TPSA) is 42.0 Å². The van der Waals surface area contributed by atoms with Crippen LogP contribution in [0.25, 0.3) is 0 Å². The molecule has 0 radical (unpaired) electrons. The molecule has 0 aliphatic carbocycles. The fraction of sp³-hybridized carbons (Fsp3) is 0. The van der Waals surface area contributed by atoms with Crippen LogP contribution in [0.15, 0.2) is 41.0 Å². The first-order chi connectivity index (χ1) is 8.56. The minimum Gasteiger partial charge on any atom is -0.321 e. The molecule has 0 aliphatic rings.